The molecule has 3 aromatic heterocycles. The van der Waals surface area contributed by atoms with Crippen LogP contribution in [0, 0.1) is 0 Å². The van der Waals surface area contributed by atoms with Crippen LogP contribution in [0.1, 0.15) is 0 Å². The Balaban J connectivity index is 1.08. The Kier molecular flexibility index (Phi) is 8.42. The van der Waals surface area contributed by atoms with Crippen molar-refractivity contribution in [3.05, 3.63) is 224 Å². The van der Waals surface area contributed by atoms with Gasteiger partial charge in [-0.1, -0.05) is 182 Å². The summed E-state index contributed by atoms with van der Waals surface area (Å²) < 4.78 is 4.85. The molecule has 0 atom stereocenters. The van der Waals surface area contributed by atoms with Gasteiger partial charge in [-0.05, 0) is 53.6 Å². The van der Waals surface area contributed by atoms with E-state index in [-0.39, 0.29) is 0 Å². The molecular formula is C57H37N5. The van der Waals surface area contributed by atoms with Crippen LogP contribution < -0.4 is 0 Å². The highest BCUT2D eigenvalue weighted by Crippen LogP contribution is 2.43. The highest BCUT2D eigenvalue weighted by molar-refractivity contribution is 6.18. The van der Waals surface area contributed by atoms with Gasteiger partial charge in [-0.3, -0.25) is 0 Å². The molecule has 0 aliphatic rings. The lowest BCUT2D eigenvalue weighted by Crippen LogP contribution is -2.00. The third-order valence-corrected chi connectivity index (χ3v) is 12.0. The summed E-state index contributed by atoms with van der Waals surface area (Å²) in [5, 5.41) is 4.86. The Labute approximate surface area is 358 Å². The minimum Gasteiger partial charge on any atom is -0.309 e. The van der Waals surface area contributed by atoms with Gasteiger partial charge in [0.25, 0.3) is 0 Å². The van der Waals surface area contributed by atoms with Crippen LogP contribution in [0.15, 0.2) is 224 Å². The van der Waals surface area contributed by atoms with Crippen molar-refractivity contribution in [3.63, 3.8) is 0 Å². The molecule has 0 N–H and O–H groups in total. The molecule has 3 heterocycles. The van der Waals surface area contributed by atoms with E-state index in [1.165, 1.54) is 38.1 Å². The molecule has 0 fully saturated rings. The summed E-state index contributed by atoms with van der Waals surface area (Å²) in [5.41, 5.74) is 14.2. The fourth-order valence-corrected chi connectivity index (χ4v) is 9.17. The number of fused-ring (bicyclic) bond motifs is 6. The van der Waals surface area contributed by atoms with Crippen LogP contribution >= 0.6 is 0 Å². The van der Waals surface area contributed by atoms with Gasteiger partial charge in [-0.25, -0.2) is 15.0 Å². The van der Waals surface area contributed by atoms with Crippen molar-refractivity contribution < 1.29 is 0 Å². The molecule has 5 nitrogen and oxygen atoms in total. The molecule has 5 heteroatoms. The van der Waals surface area contributed by atoms with Crippen LogP contribution in [0.5, 0.6) is 0 Å². The minimum absolute atomic E-state index is 0.626. The van der Waals surface area contributed by atoms with Gasteiger partial charge in [0.1, 0.15) is 0 Å². The lowest BCUT2D eigenvalue weighted by atomic mass is 9.98. The molecule has 0 unspecified atom stereocenters. The van der Waals surface area contributed by atoms with Crippen LogP contribution in [0.25, 0.3) is 111 Å². The summed E-state index contributed by atoms with van der Waals surface area (Å²) >= 11 is 0. The topological polar surface area (TPSA) is 48.5 Å². The summed E-state index contributed by atoms with van der Waals surface area (Å²) in [6.45, 7) is 0. The van der Waals surface area contributed by atoms with Crippen molar-refractivity contribution in [2.75, 3.05) is 0 Å². The van der Waals surface area contributed by atoms with E-state index in [9.17, 15) is 0 Å². The standard InChI is InChI=1S/C57H37N5/c1-5-18-38(19-6-1)55-58-56(39-20-7-2-8-21-39)60-57(59-55)42-23-15-22-40(36-42)45-29-16-31-49-50-32-17-30-46(54(50)62(53(45)49)44-26-11-4-12-27-44)41-34-35-48-47-28-13-14-33-51(47)61(52(48)37-41)43-24-9-3-10-25-43/h1-37H. The lowest BCUT2D eigenvalue weighted by Gasteiger charge is -2.15. The van der Waals surface area contributed by atoms with Crippen LogP contribution in [-0.2, 0) is 0 Å². The van der Waals surface area contributed by atoms with Crippen LogP contribution in [0.2, 0.25) is 0 Å². The molecule has 0 saturated carbocycles. The van der Waals surface area contributed by atoms with E-state index >= 15 is 0 Å². The summed E-state index contributed by atoms with van der Waals surface area (Å²) in [7, 11) is 0. The second-order valence-electron chi connectivity index (χ2n) is 15.6. The second kappa shape index (κ2) is 14.7. The molecule has 62 heavy (non-hydrogen) atoms. The molecule has 290 valence electrons. The normalized spacial score (nSPS) is 11.5. The molecular weight excluding hydrogens is 755 g/mol. The molecule has 0 bridgehead atoms. The van der Waals surface area contributed by atoms with Crippen molar-refractivity contribution in [3.8, 4) is 67.8 Å². The number of benzene rings is 9. The first-order valence-electron chi connectivity index (χ1n) is 21.0. The minimum atomic E-state index is 0.626. The number of nitrogens with zero attached hydrogens (tertiary/aromatic N) is 5. The monoisotopic (exact) mass is 791 g/mol. The number of para-hydroxylation sites is 5. The summed E-state index contributed by atoms with van der Waals surface area (Å²) in [6.07, 6.45) is 0. The van der Waals surface area contributed by atoms with Gasteiger partial charge in [-0.2, -0.15) is 0 Å². The average molecular weight is 792 g/mol. The Bertz CT molecular complexity index is 3550. The van der Waals surface area contributed by atoms with E-state index < -0.39 is 0 Å². The Morgan fingerprint density at radius 1 is 0.258 bits per heavy atom. The van der Waals surface area contributed by atoms with Crippen molar-refractivity contribution in [2.24, 2.45) is 0 Å². The molecule has 0 aliphatic heterocycles. The van der Waals surface area contributed by atoms with Crippen molar-refractivity contribution in [1.29, 1.82) is 0 Å². The summed E-state index contributed by atoms with van der Waals surface area (Å²) in [6, 6.07) is 79.4. The number of rotatable bonds is 7. The average Bonchev–Trinajstić information content (AvgIpc) is 3.88. The fourth-order valence-electron chi connectivity index (χ4n) is 9.17. The second-order valence-corrected chi connectivity index (χ2v) is 15.6. The molecule has 0 amide bonds. The molecule has 0 aliphatic carbocycles. The predicted octanol–water partition coefficient (Wildman–Crippen LogP) is 14.4. The van der Waals surface area contributed by atoms with Gasteiger partial charge in [0, 0.05) is 60.7 Å². The van der Waals surface area contributed by atoms with E-state index in [1.807, 2.05) is 60.7 Å². The van der Waals surface area contributed by atoms with E-state index in [4.69, 9.17) is 15.0 Å². The Hall–Kier alpha value is -8.41. The molecule has 0 saturated heterocycles. The zero-order valence-electron chi connectivity index (χ0n) is 33.6. The third kappa shape index (κ3) is 5.90. The van der Waals surface area contributed by atoms with Crippen molar-refractivity contribution in [1.82, 2.24) is 24.1 Å². The molecule has 12 aromatic rings. The Morgan fingerprint density at radius 2 is 0.677 bits per heavy atom. The first kappa shape index (κ1) is 35.5. The van der Waals surface area contributed by atoms with Gasteiger partial charge >= 0.3 is 0 Å². The van der Waals surface area contributed by atoms with Gasteiger partial charge in [0.2, 0.25) is 0 Å². The van der Waals surface area contributed by atoms with Crippen LogP contribution in [0.4, 0.5) is 0 Å². The first-order valence-corrected chi connectivity index (χ1v) is 21.0. The van der Waals surface area contributed by atoms with E-state index in [0.29, 0.717) is 17.5 Å². The predicted molar refractivity (Wildman–Crippen MR) is 256 cm³/mol. The summed E-state index contributed by atoms with van der Waals surface area (Å²) in [5.74, 6) is 1.91. The molecule has 9 aromatic carbocycles. The highest BCUT2D eigenvalue weighted by Gasteiger charge is 2.22. The molecule has 12 rings (SSSR count). The first-order chi connectivity index (χ1) is 30.8. The van der Waals surface area contributed by atoms with Gasteiger partial charge in [0.15, 0.2) is 17.5 Å². The maximum absolute atomic E-state index is 5.07. The number of aromatic nitrogens is 5. The highest BCUT2D eigenvalue weighted by atomic mass is 15.0. The van der Waals surface area contributed by atoms with E-state index in [1.54, 1.807) is 0 Å². The van der Waals surface area contributed by atoms with E-state index in [2.05, 4.69) is 173 Å². The van der Waals surface area contributed by atoms with Crippen LogP contribution in [0.3, 0.4) is 0 Å². The smallest absolute Gasteiger partial charge is 0.164 e. The lowest BCUT2D eigenvalue weighted by molar-refractivity contribution is 1.07. The number of hydrogen-bond donors (Lipinski definition) is 0. The zero-order valence-corrected chi connectivity index (χ0v) is 33.6. The van der Waals surface area contributed by atoms with Gasteiger partial charge in [-0.15, -0.1) is 0 Å². The van der Waals surface area contributed by atoms with Crippen molar-refractivity contribution >= 4 is 43.6 Å². The number of hydrogen-bond acceptors (Lipinski definition) is 3. The molecule has 0 radical (unpaired) electrons. The third-order valence-electron chi connectivity index (χ3n) is 12.0. The maximum Gasteiger partial charge on any atom is 0.164 e. The largest absolute Gasteiger partial charge is 0.309 e. The Morgan fingerprint density at radius 3 is 1.27 bits per heavy atom. The maximum atomic E-state index is 5.07. The fraction of sp³-hybridized carbons (Fsp3) is 0. The van der Waals surface area contributed by atoms with Gasteiger partial charge < -0.3 is 9.13 Å². The van der Waals surface area contributed by atoms with E-state index in [0.717, 1.165) is 55.8 Å². The zero-order chi connectivity index (χ0) is 41.0. The molecule has 0 spiro atoms. The SMILES string of the molecule is c1ccc(-c2nc(-c3ccccc3)nc(-c3cccc(-c4cccc5c6cccc(-c7ccc8c9ccccc9n(-c9ccccc9)c8c7)c6n(-c6ccccc6)c45)c3)n2)cc1. The van der Waals surface area contributed by atoms with Gasteiger partial charge in [0.05, 0.1) is 22.1 Å². The van der Waals surface area contributed by atoms with Crippen molar-refractivity contribution in [2.45, 2.75) is 0 Å². The summed E-state index contributed by atoms with van der Waals surface area (Å²) in [4.78, 5) is 15.1. The quantitative estimate of drug-likeness (QED) is 0.162. The van der Waals surface area contributed by atoms with Crippen LogP contribution in [-0.4, -0.2) is 24.1 Å².